The summed E-state index contributed by atoms with van der Waals surface area (Å²) in [5.41, 5.74) is 11.2. The number of aromatic nitrogens is 2. The summed E-state index contributed by atoms with van der Waals surface area (Å²) in [7, 11) is 3.87. The second-order valence-electron chi connectivity index (χ2n) is 10.5. The van der Waals surface area contributed by atoms with Gasteiger partial charge in [-0.15, -0.1) is 24.8 Å². The van der Waals surface area contributed by atoms with E-state index in [1.165, 1.54) is 5.56 Å². The Bertz CT molecular complexity index is 1520. The molecule has 0 aliphatic carbocycles. The second-order valence-corrected chi connectivity index (χ2v) is 10.9. The number of rotatable bonds is 9. The van der Waals surface area contributed by atoms with E-state index in [0.29, 0.717) is 12.6 Å². The fraction of sp³-hybridized carbons (Fsp3) is 0.323. The average molecular weight is 631 g/mol. The molecule has 1 amide bonds. The number of amides is 1. The Hall–Kier alpha value is -3.30. The van der Waals surface area contributed by atoms with Gasteiger partial charge >= 0.3 is 0 Å². The summed E-state index contributed by atoms with van der Waals surface area (Å²) in [5.74, 6) is 1.14. The molecule has 0 spiro atoms. The van der Waals surface area contributed by atoms with Gasteiger partial charge < -0.3 is 20.5 Å². The van der Waals surface area contributed by atoms with E-state index >= 15 is 0 Å². The number of likely N-dealkylation sites (tertiary alicyclic amines) is 1. The maximum Gasteiger partial charge on any atom is 0.240 e. The number of likely N-dealkylation sites (N-methyl/N-ethyl adjacent to an activating group) is 1. The molecular weight excluding hydrogens is 593 g/mol. The standard InChI is InChI=1S/C31H36ClN7O.2ClH/c1-37(30(40)20-39-17-15-23(16-18-39)35-26-6-4-3-5-25(26)32)24-12-13-28-27(19-24)36-29(38(28)2)14-9-21-7-10-22(11-8-21)31(33)34;;/h3-8,10-13,19,23,35H,9,14-18,20H2,1-2H3,(H3,33,34);2*1H. The zero-order valence-electron chi connectivity index (χ0n) is 23.8. The van der Waals surface area contributed by atoms with Gasteiger partial charge in [-0.2, -0.15) is 0 Å². The van der Waals surface area contributed by atoms with E-state index in [-0.39, 0.29) is 36.6 Å². The lowest BCUT2D eigenvalue weighted by atomic mass is 10.0. The largest absolute Gasteiger partial charge is 0.384 e. The number of para-hydroxylation sites is 1. The quantitative estimate of drug-likeness (QED) is 0.163. The van der Waals surface area contributed by atoms with Crippen LogP contribution >= 0.6 is 36.4 Å². The molecule has 1 aliphatic heterocycles. The van der Waals surface area contributed by atoms with Crippen molar-refractivity contribution in [1.82, 2.24) is 14.5 Å². The summed E-state index contributed by atoms with van der Waals surface area (Å²) < 4.78 is 2.12. The van der Waals surface area contributed by atoms with Crippen LogP contribution in [-0.2, 0) is 24.7 Å². The summed E-state index contributed by atoms with van der Waals surface area (Å²) in [6.07, 6.45) is 3.55. The number of nitrogen functional groups attached to an aromatic ring is 1. The number of halogens is 3. The zero-order valence-corrected chi connectivity index (χ0v) is 26.2. The van der Waals surface area contributed by atoms with Crippen molar-refractivity contribution in [3.05, 3.63) is 88.7 Å². The van der Waals surface area contributed by atoms with Gasteiger partial charge in [0.05, 0.1) is 28.3 Å². The molecule has 4 aromatic rings. The average Bonchev–Trinajstić information content (AvgIpc) is 3.28. The SMILES string of the molecule is CN(C(=O)CN1CCC(Nc2ccccc2Cl)CC1)c1ccc2c(c1)nc(CCc1ccc(C(=N)N)cc1)n2C.Cl.Cl. The minimum Gasteiger partial charge on any atom is -0.384 e. The van der Waals surface area contributed by atoms with Gasteiger partial charge in [0.2, 0.25) is 5.91 Å². The Morgan fingerprint density at radius 1 is 1.07 bits per heavy atom. The normalized spacial score (nSPS) is 13.7. The van der Waals surface area contributed by atoms with Crippen molar-refractivity contribution in [3.63, 3.8) is 0 Å². The number of nitrogens with zero attached hydrogens (tertiary/aromatic N) is 4. The highest BCUT2D eigenvalue weighted by Gasteiger charge is 2.23. The molecule has 8 nitrogen and oxygen atoms in total. The second kappa shape index (κ2) is 14.7. The molecule has 0 unspecified atom stereocenters. The molecule has 1 fully saturated rings. The van der Waals surface area contributed by atoms with E-state index in [2.05, 4.69) is 14.8 Å². The number of nitrogens with one attached hydrogen (secondary N) is 2. The highest BCUT2D eigenvalue weighted by molar-refractivity contribution is 6.33. The molecule has 42 heavy (non-hydrogen) atoms. The van der Waals surface area contributed by atoms with E-state index in [9.17, 15) is 4.79 Å². The number of carbonyl (C=O) groups is 1. The summed E-state index contributed by atoms with van der Waals surface area (Å²) in [6, 6.07) is 22.0. The third-order valence-electron chi connectivity index (χ3n) is 7.80. The van der Waals surface area contributed by atoms with Crippen LogP contribution in [0.5, 0.6) is 0 Å². The highest BCUT2D eigenvalue weighted by Crippen LogP contribution is 2.25. The van der Waals surface area contributed by atoms with Crippen LogP contribution < -0.4 is 16.0 Å². The predicted octanol–water partition coefficient (Wildman–Crippen LogP) is 5.68. The molecule has 224 valence electrons. The Kier molecular flexibility index (Phi) is 11.7. The van der Waals surface area contributed by atoms with E-state index in [1.807, 2.05) is 80.8 Å². The minimum absolute atomic E-state index is 0. The molecule has 5 rings (SSSR count). The Balaban J connectivity index is 0.00000242. The molecule has 1 aromatic heterocycles. The number of carbonyl (C=O) groups excluding carboxylic acids is 1. The fourth-order valence-corrected chi connectivity index (χ4v) is 5.44. The van der Waals surface area contributed by atoms with Crippen molar-refractivity contribution in [1.29, 1.82) is 5.41 Å². The number of piperidine rings is 1. The molecule has 1 aliphatic rings. The monoisotopic (exact) mass is 629 g/mol. The number of imidazole rings is 1. The van der Waals surface area contributed by atoms with Crippen LogP contribution in [0.15, 0.2) is 66.7 Å². The molecular formula is C31H38Cl3N7O. The third kappa shape index (κ3) is 7.75. The van der Waals surface area contributed by atoms with Crippen molar-refractivity contribution < 1.29 is 4.79 Å². The highest BCUT2D eigenvalue weighted by atomic mass is 35.5. The molecule has 2 heterocycles. The third-order valence-corrected chi connectivity index (χ3v) is 8.13. The number of hydrogen-bond donors (Lipinski definition) is 3. The number of hydrogen-bond acceptors (Lipinski definition) is 5. The molecule has 3 aromatic carbocycles. The van der Waals surface area contributed by atoms with Crippen LogP contribution in [-0.4, -0.2) is 58.9 Å². The van der Waals surface area contributed by atoms with Gasteiger partial charge in [0.1, 0.15) is 11.7 Å². The lowest BCUT2D eigenvalue weighted by molar-refractivity contribution is -0.119. The molecule has 1 saturated heterocycles. The van der Waals surface area contributed by atoms with Gasteiger partial charge in [-0.1, -0.05) is 48.0 Å². The van der Waals surface area contributed by atoms with Gasteiger partial charge in [-0.05, 0) is 55.2 Å². The van der Waals surface area contributed by atoms with E-state index in [1.54, 1.807) is 4.90 Å². The van der Waals surface area contributed by atoms with Gasteiger partial charge in [0, 0.05) is 50.9 Å². The fourth-order valence-electron chi connectivity index (χ4n) is 5.25. The molecule has 4 N–H and O–H groups in total. The molecule has 11 heteroatoms. The molecule has 0 bridgehead atoms. The first kappa shape index (κ1) is 33.2. The summed E-state index contributed by atoms with van der Waals surface area (Å²) in [6.45, 7) is 2.12. The zero-order chi connectivity index (χ0) is 28.2. The Morgan fingerprint density at radius 2 is 1.76 bits per heavy atom. The minimum atomic E-state index is 0. The smallest absolute Gasteiger partial charge is 0.240 e. The van der Waals surface area contributed by atoms with Crippen LogP contribution in [0, 0.1) is 5.41 Å². The lowest BCUT2D eigenvalue weighted by Gasteiger charge is -2.33. The van der Waals surface area contributed by atoms with Crippen LogP contribution in [0.4, 0.5) is 11.4 Å². The Morgan fingerprint density at radius 3 is 2.43 bits per heavy atom. The number of nitrogens with two attached hydrogens (primary N) is 1. The summed E-state index contributed by atoms with van der Waals surface area (Å²) in [5, 5.41) is 11.8. The number of fused-ring (bicyclic) bond motifs is 1. The maximum absolute atomic E-state index is 13.2. The summed E-state index contributed by atoms with van der Waals surface area (Å²) in [4.78, 5) is 22.0. The first-order chi connectivity index (χ1) is 19.3. The van der Waals surface area contributed by atoms with Gasteiger partial charge in [-0.25, -0.2) is 4.98 Å². The van der Waals surface area contributed by atoms with Gasteiger partial charge in [0.15, 0.2) is 0 Å². The summed E-state index contributed by atoms with van der Waals surface area (Å²) >= 11 is 6.30. The van der Waals surface area contributed by atoms with Gasteiger partial charge in [-0.3, -0.25) is 15.1 Å². The van der Waals surface area contributed by atoms with Gasteiger partial charge in [0.25, 0.3) is 0 Å². The van der Waals surface area contributed by atoms with Crippen LogP contribution in [0.3, 0.4) is 0 Å². The predicted molar refractivity (Wildman–Crippen MR) is 178 cm³/mol. The number of amidine groups is 1. The van der Waals surface area contributed by atoms with E-state index < -0.39 is 0 Å². The first-order valence-corrected chi connectivity index (χ1v) is 14.0. The number of anilines is 2. The first-order valence-electron chi connectivity index (χ1n) is 13.7. The topological polar surface area (TPSA) is 103 Å². The Labute approximate surface area is 264 Å². The van der Waals surface area contributed by atoms with Crippen molar-refractivity contribution in [2.45, 2.75) is 31.7 Å². The van der Waals surface area contributed by atoms with Crippen LogP contribution in [0.2, 0.25) is 5.02 Å². The van der Waals surface area contributed by atoms with Crippen molar-refractivity contribution in [2.75, 3.05) is 36.9 Å². The maximum atomic E-state index is 13.2. The van der Waals surface area contributed by atoms with E-state index in [0.717, 1.165) is 77.6 Å². The number of aryl methyl sites for hydroxylation is 3. The van der Waals surface area contributed by atoms with Crippen molar-refractivity contribution in [2.24, 2.45) is 12.8 Å². The molecule has 0 radical (unpaired) electrons. The molecule has 0 atom stereocenters. The number of benzene rings is 3. The lowest BCUT2D eigenvalue weighted by Crippen LogP contribution is -2.44. The van der Waals surface area contributed by atoms with E-state index in [4.69, 9.17) is 27.7 Å². The van der Waals surface area contributed by atoms with Crippen LogP contribution in [0.25, 0.3) is 11.0 Å². The van der Waals surface area contributed by atoms with Crippen LogP contribution in [0.1, 0.15) is 29.8 Å². The van der Waals surface area contributed by atoms with Crippen molar-refractivity contribution in [3.8, 4) is 0 Å². The van der Waals surface area contributed by atoms with Crippen molar-refractivity contribution >= 4 is 70.6 Å². The molecule has 0 saturated carbocycles.